The predicted molar refractivity (Wildman–Crippen MR) is 102 cm³/mol. The lowest BCUT2D eigenvalue weighted by atomic mass is 10.0. The summed E-state index contributed by atoms with van der Waals surface area (Å²) in [6.07, 6.45) is 3.41. The Balaban J connectivity index is 1.87. The van der Waals surface area contributed by atoms with Crippen molar-refractivity contribution in [3.8, 4) is 11.3 Å². The van der Waals surface area contributed by atoms with E-state index in [1.165, 1.54) is 6.42 Å². The minimum Gasteiger partial charge on any atom is -0.339 e. The van der Waals surface area contributed by atoms with Crippen molar-refractivity contribution < 1.29 is 4.79 Å². The van der Waals surface area contributed by atoms with Gasteiger partial charge >= 0.3 is 0 Å². The highest BCUT2D eigenvalue weighted by Gasteiger charge is 2.21. The van der Waals surface area contributed by atoms with Crippen LogP contribution in [0.25, 0.3) is 22.2 Å². The number of rotatable bonds is 2. The van der Waals surface area contributed by atoms with Crippen LogP contribution in [0.15, 0.2) is 54.6 Å². The number of fused-ring (bicyclic) bond motifs is 1. The fourth-order valence-corrected chi connectivity index (χ4v) is 3.54. The van der Waals surface area contributed by atoms with E-state index in [4.69, 9.17) is 4.98 Å². The number of hydrogen-bond acceptors (Lipinski definition) is 2. The maximum atomic E-state index is 13.2. The van der Waals surface area contributed by atoms with Gasteiger partial charge in [-0.1, -0.05) is 42.0 Å². The number of aryl methyl sites for hydroxylation is 1. The first-order valence-electron chi connectivity index (χ1n) is 8.98. The highest BCUT2D eigenvalue weighted by atomic mass is 16.2. The molecule has 0 aliphatic carbocycles. The number of hydrogen-bond donors (Lipinski definition) is 0. The largest absolute Gasteiger partial charge is 0.339 e. The number of nitrogens with zero attached hydrogens (tertiary/aromatic N) is 2. The Labute approximate surface area is 148 Å². The first-order chi connectivity index (χ1) is 12.2. The van der Waals surface area contributed by atoms with Gasteiger partial charge in [0.15, 0.2) is 0 Å². The van der Waals surface area contributed by atoms with Crippen LogP contribution in [0.2, 0.25) is 0 Å². The van der Waals surface area contributed by atoms with Crippen LogP contribution < -0.4 is 0 Å². The summed E-state index contributed by atoms with van der Waals surface area (Å²) >= 11 is 0. The van der Waals surface area contributed by atoms with Gasteiger partial charge in [0.05, 0.1) is 16.8 Å². The van der Waals surface area contributed by atoms with Crippen LogP contribution in [0.4, 0.5) is 0 Å². The second-order valence-electron chi connectivity index (χ2n) is 6.79. The van der Waals surface area contributed by atoms with Crippen LogP contribution in [-0.2, 0) is 0 Å². The van der Waals surface area contributed by atoms with E-state index in [9.17, 15) is 4.79 Å². The summed E-state index contributed by atoms with van der Waals surface area (Å²) < 4.78 is 0. The molecule has 4 rings (SSSR count). The number of carbonyl (C=O) groups is 1. The van der Waals surface area contributed by atoms with Crippen molar-refractivity contribution in [1.82, 2.24) is 9.88 Å². The molecule has 0 bridgehead atoms. The second-order valence-corrected chi connectivity index (χ2v) is 6.79. The van der Waals surface area contributed by atoms with Gasteiger partial charge in [0.25, 0.3) is 5.91 Å². The molecule has 3 nitrogen and oxygen atoms in total. The summed E-state index contributed by atoms with van der Waals surface area (Å²) in [4.78, 5) is 20.0. The topological polar surface area (TPSA) is 33.2 Å². The Kier molecular flexibility index (Phi) is 4.22. The van der Waals surface area contributed by atoms with Crippen LogP contribution in [0.5, 0.6) is 0 Å². The fraction of sp³-hybridized carbons (Fsp3) is 0.273. The monoisotopic (exact) mass is 330 g/mol. The lowest BCUT2D eigenvalue weighted by molar-refractivity contribution is 0.0726. The van der Waals surface area contributed by atoms with Crippen LogP contribution in [0.1, 0.15) is 35.2 Å². The average molecular weight is 330 g/mol. The molecule has 1 fully saturated rings. The lowest BCUT2D eigenvalue weighted by Gasteiger charge is -2.27. The summed E-state index contributed by atoms with van der Waals surface area (Å²) in [6, 6.07) is 18.2. The molecule has 126 valence electrons. The van der Waals surface area contributed by atoms with Crippen molar-refractivity contribution in [1.29, 1.82) is 0 Å². The van der Waals surface area contributed by atoms with E-state index in [1.54, 1.807) is 0 Å². The second kappa shape index (κ2) is 6.67. The number of carbonyl (C=O) groups excluding carboxylic acids is 1. The molecule has 1 saturated heterocycles. The van der Waals surface area contributed by atoms with Crippen molar-refractivity contribution in [3.05, 3.63) is 65.7 Å². The van der Waals surface area contributed by atoms with E-state index >= 15 is 0 Å². The lowest BCUT2D eigenvalue weighted by Crippen LogP contribution is -2.35. The third kappa shape index (κ3) is 3.14. The van der Waals surface area contributed by atoms with Gasteiger partial charge in [-0.3, -0.25) is 4.79 Å². The summed E-state index contributed by atoms with van der Waals surface area (Å²) in [7, 11) is 0. The number of amides is 1. The molecule has 0 N–H and O–H groups in total. The van der Waals surface area contributed by atoms with E-state index in [2.05, 4.69) is 19.1 Å². The number of benzene rings is 2. The maximum absolute atomic E-state index is 13.2. The van der Waals surface area contributed by atoms with Crippen LogP contribution >= 0.6 is 0 Å². The zero-order chi connectivity index (χ0) is 17.2. The van der Waals surface area contributed by atoms with Gasteiger partial charge in [-0.2, -0.15) is 0 Å². The summed E-state index contributed by atoms with van der Waals surface area (Å²) in [5.41, 5.74) is 4.70. The van der Waals surface area contributed by atoms with Gasteiger partial charge in [-0.05, 0) is 44.4 Å². The smallest absolute Gasteiger partial charge is 0.254 e. The zero-order valence-corrected chi connectivity index (χ0v) is 14.5. The predicted octanol–water partition coefficient (Wildman–Crippen LogP) is 4.84. The Hall–Kier alpha value is -2.68. The molecule has 0 unspecified atom stereocenters. The molecule has 2 aromatic carbocycles. The van der Waals surface area contributed by atoms with E-state index in [0.29, 0.717) is 0 Å². The molecule has 2 heterocycles. The molecular formula is C22H22N2O. The van der Waals surface area contributed by atoms with Crippen LogP contribution in [-0.4, -0.2) is 28.9 Å². The molecule has 3 aromatic rings. The molecular weight excluding hydrogens is 308 g/mol. The molecule has 25 heavy (non-hydrogen) atoms. The van der Waals surface area contributed by atoms with Crippen molar-refractivity contribution >= 4 is 16.8 Å². The number of piperidine rings is 1. The van der Waals surface area contributed by atoms with E-state index in [0.717, 1.165) is 59.2 Å². The van der Waals surface area contributed by atoms with Crippen LogP contribution in [0, 0.1) is 6.92 Å². The number of aromatic nitrogens is 1. The molecule has 0 saturated carbocycles. The van der Waals surface area contributed by atoms with Gasteiger partial charge < -0.3 is 4.90 Å². The van der Waals surface area contributed by atoms with Gasteiger partial charge in [0, 0.05) is 24.0 Å². The Morgan fingerprint density at radius 1 is 0.960 bits per heavy atom. The van der Waals surface area contributed by atoms with E-state index in [1.807, 2.05) is 47.4 Å². The Morgan fingerprint density at radius 2 is 1.72 bits per heavy atom. The first-order valence-corrected chi connectivity index (χ1v) is 8.98. The highest BCUT2D eigenvalue weighted by molar-refractivity contribution is 6.07. The highest BCUT2D eigenvalue weighted by Crippen LogP contribution is 2.27. The summed E-state index contributed by atoms with van der Waals surface area (Å²) in [5.74, 6) is 0.134. The normalized spacial score (nSPS) is 14.7. The van der Waals surface area contributed by atoms with Crippen molar-refractivity contribution in [2.75, 3.05) is 13.1 Å². The molecule has 3 heteroatoms. The van der Waals surface area contributed by atoms with E-state index < -0.39 is 0 Å². The van der Waals surface area contributed by atoms with Gasteiger partial charge in [-0.15, -0.1) is 0 Å². The standard InChI is InChI=1S/C22H22N2O/c1-16-10-11-20-18(14-16)19(22(25)24-12-6-3-7-13-24)15-21(23-20)17-8-4-2-5-9-17/h2,4-5,8-11,14-15H,3,6-7,12-13H2,1H3. The van der Waals surface area contributed by atoms with Gasteiger partial charge in [0.1, 0.15) is 0 Å². The minimum absolute atomic E-state index is 0.134. The quantitative estimate of drug-likeness (QED) is 0.674. The molecule has 0 radical (unpaired) electrons. The summed E-state index contributed by atoms with van der Waals surface area (Å²) in [6.45, 7) is 3.77. The SMILES string of the molecule is Cc1ccc2nc(-c3ccccc3)cc(C(=O)N3CCCCC3)c2c1. The molecule has 1 aromatic heterocycles. The molecule has 0 spiro atoms. The molecule has 1 aliphatic rings. The fourth-order valence-electron chi connectivity index (χ4n) is 3.54. The Bertz CT molecular complexity index is 912. The number of pyridine rings is 1. The zero-order valence-electron chi connectivity index (χ0n) is 14.5. The van der Waals surface area contributed by atoms with Crippen molar-refractivity contribution in [2.24, 2.45) is 0 Å². The minimum atomic E-state index is 0.134. The average Bonchev–Trinajstić information content (AvgIpc) is 2.68. The maximum Gasteiger partial charge on any atom is 0.254 e. The van der Waals surface area contributed by atoms with E-state index in [-0.39, 0.29) is 5.91 Å². The third-order valence-corrected chi connectivity index (χ3v) is 4.91. The van der Waals surface area contributed by atoms with Crippen LogP contribution in [0.3, 0.4) is 0 Å². The number of likely N-dealkylation sites (tertiary alicyclic amines) is 1. The molecule has 0 atom stereocenters. The third-order valence-electron chi connectivity index (χ3n) is 4.91. The van der Waals surface area contributed by atoms with Gasteiger partial charge in [-0.25, -0.2) is 4.98 Å². The van der Waals surface area contributed by atoms with Crippen molar-refractivity contribution in [3.63, 3.8) is 0 Å². The van der Waals surface area contributed by atoms with Gasteiger partial charge in [0.2, 0.25) is 0 Å². The molecule has 1 amide bonds. The molecule has 1 aliphatic heterocycles. The Morgan fingerprint density at radius 3 is 2.48 bits per heavy atom. The first kappa shape index (κ1) is 15.8. The summed E-state index contributed by atoms with van der Waals surface area (Å²) in [5, 5.41) is 0.954. The van der Waals surface area contributed by atoms with Crippen molar-refractivity contribution in [2.45, 2.75) is 26.2 Å².